The maximum Gasteiger partial charge on any atom is 0.142 e. The first-order chi connectivity index (χ1) is 7.74. The molecule has 0 aromatic carbocycles. The summed E-state index contributed by atoms with van der Waals surface area (Å²) in [4.78, 5) is 3.84. The van der Waals surface area contributed by atoms with Gasteiger partial charge in [0.15, 0.2) is 0 Å². The van der Waals surface area contributed by atoms with E-state index in [1.807, 2.05) is 6.07 Å². The van der Waals surface area contributed by atoms with Crippen molar-refractivity contribution in [3.05, 3.63) is 17.8 Å². The number of anilines is 1. The molecule has 1 aromatic heterocycles. The Bertz CT molecular complexity index is 426. The van der Waals surface area contributed by atoms with E-state index in [0.717, 1.165) is 12.8 Å². The minimum Gasteiger partial charge on any atom is -0.486 e. The standard InChI is InChI=1S/C11H13N3O2/c1-15-8-2-3-9(8)16-10-4-11(13)14-6-7(10)5-12/h4,6,8-9H,2-3H2,1H3,(H2,13,14). The predicted molar refractivity (Wildman–Crippen MR) is 57.8 cm³/mol. The molecule has 16 heavy (non-hydrogen) atoms. The third-order valence-corrected chi connectivity index (χ3v) is 2.74. The van der Waals surface area contributed by atoms with Gasteiger partial charge in [0.1, 0.15) is 29.3 Å². The molecule has 0 saturated heterocycles. The molecule has 0 bridgehead atoms. The summed E-state index contributed by atoms with van der Waals surface area (Å²) in [7, 11) is 1.66. The summed E-state index contributed by atoms with van der Waals surface area (Å²) in [6, 6.07) is 3.60. The third-order valence-electron chi connectivity index (χ3n) is 2.74. The fraction of sp³-hybridized carbons (Fsp3) is 0.455. The molecular weight excluding hydrogens is 206 g/mol. The zero-order valence-electron chi connectivity index (χ0n) is 9.01. The van der Waals surface area contributed by atoms with Gasteiger partial charge in [0.2, 0.25) is 0 Å². The Morgan fingerprint density at radius 3 is 2.81 bits per heavy atom. The molecule has 84 valence electrons. The van der Waals surface area contributed by atoms with E-state index in [2.05, 4.69) is 4.98 Å². The van der Waals surface area contributed by atoms with E-state index in [1.54, 1.807) is 13.2 Å². The van der Waals surface area contributed by atoms with Crippen LogP contribution in [0.25, 0.3) is 0 Å². The smallest absolute Gasteiger partial charge is 0.142 e. The van der Waals surface area contributed by atoms with Gasteiger partial charge in [-0.2, -0.15) is 5.26 Å². The Balaban J connectivity index is 2.14. The maximum absolute atomic E-state index is 8.89. The number of methoxy groups -OCH3 is 1. The van der Waals surface area contributed by atoms with E-state index in [-0.39, 0.29) is 12.2 Å². The molecule has 2 atom stereocenters. The van der Waals surface area contributed by atoms with Crippen molar-refractivity contribution in [1.29, 1.82) is 5.26 Å². The van der Waals surface area contributed by atoms with Gasteiger partial charge in [-0.1, -0.05) is 0 Å². The number of hydrogen-bond acceptors (Lipinski definition) is 5. The summed E-state index contributed by atoms with van der Waals surface area (Å²) in [5, 5.41) is 8.89. The monoisotopic (exact) mass is 219 g/mol. The van der Waals surface area contributed by atoms with Crippen LogP contribution < -0.4 is 10.5 Å². The third kappa shape index (κ3) is 1.92. The Morgan fingerprint density at radius 2 is 2.25 bits per heavy atom. The quantitative estimate of drug-likeness (QED) is 0.823. The first-order valence-electron chi connectivity index (χ1n) is 5.09. The van der Waals surface area contributed by atoms with Crippen LogP contribution in [0.5, 0.6) is 5.75 Å². The second-order valence-electron chi connectivity index (χ2n) is 3.72. The highest BCUT2D eigenvalue weighted by atomic mass is 16.5. The molecular formula is C11H13N3O2. The molecule has 2 N–H and O–H groups in total. The van der Waals surface area contributed by atoms with Crippen molar-refractivity contribution in [2.75, 3.05) is 12.8 Å². The lowest BCUT2D eigenvalue weighted by Crippen LogP contribution is -2.42. The van der Waals surface area contributed by atoms with Crippen LogP contribution in [0, 0.1) is 11.3 Å². The highest BCUT2D eigenvalue weighted by molar-refractivity contribution is 5.47. The molecule has 0 radical (unpaired) electrons. The molecule has 0 amide bonds. The summed E-state index contributed by atoms with van der Waals surface area (Å²) in [5.41, 5.74) is 5.95. The van der Waals surface area contributed by atoms with E-state index >= 15 is 0 Å². The van der Waals surface area contributed by atoms with Crippen LogP contribution in [0.4, 0.5) is 5.82 Å². The number of nitrogens with zero attached hydrogens (tertiary/aromatic N) is 2. The molecule has 5 nitrogen and oxygen atoms in total. The number of ether oxygens (including phenoxy) is 2. The van der Waals surface area contributed by atoms with Crippen LogP contribution in [0.1, 0.15) is 18.4 Å². The summed E-state index contributed by atoms with van der Waals surface area (Å²) >= 11 is 0. The first-order valence-corrected chi connectivity index (χ1v) is 5.09. The zero-order chi connectivity index (χ0) is 11.5. The number of nitrogens with two attached hydrogens (primary N) is 1. The van der Waals surface area contributed by atoms with Crippen molar-refractivity contribution in [3.8, 4) is 11.8 Å². The molecule has 0 aliphatic heterocycles. The van der Waals surface area contributed by atoms with Crippen molar-refractivity contribution in [2.45, 2.75) is 25.0 Å². The van der Waals surface area contributed by atoms with E-state index in [4.69, 9.17) is 20.5 Å². The molecule has 1 fully saturated rings. The second kappa shape index (κ2) is 4.37. The SMILES string of the molecule is COC1CCC1Oc1cc(N)ncc1C#N. The Labute approximate surface area is 93.8 Å². The van der Waals surface area contributed by atoms with Gasteiger partial charge in [0, 0.05) is 13.2 Å². The lowest BCUT2D eigenvalue weighted by atomic mass is 9.92. The first kappa shape index (κ1) is 10.7. The molecule has 1 aliphatic rings. The summed E-state index contributed by atoms with van der Waals surface area (Å²) in [5.74, 6) is 0.837. The summed E-state index contributed by atoms with van der Waals surface area (Å²) in [6.07, 6.45) is 3.47. The van der Waals surface area contributed by atoms with Crippen LogP contribution in [0.2, 0.25) is 0 Å². The predicted octanol–water partition coefficient (Wildman–Crippen LogP) is 1.09. The van der Waals surface area contributed by atoms with E-state index in [9.17, 15) is 0 Å². The molecule has 5 heteroatoms. The molecule has 1 saturated carbocycles. The molecule has 2 unspecified atom stereocenters. The molecule has 2 rings (SSSR count). The lowest BCUT2D eigenvalue weighted by Gasteiger charge is -2.35. The number of nitriles is 1. The maximum atomic E-state index is 8.89. The van der Waals surface area contributed by atoms with E-state index in [1.165, 1.54) is 6.20 Å². The normalized spacial score (nSPS) is 23.2. The topological polar surface area (TPSA) is 81.2 Å². The number of hydrogen-bond donors (Lipinski definition) is 1. The van der Waals surface area contributed by atoms with Crippen LogP contribution in [0.15, 0.2) is 12.3 Å². The molecule has 0 spiro atoms. The minimum atomic E-state index is 0.0129. The van der Waals surface area contributed by atoms with Gasteiger partial charge < -0.3 is 15.2 Å². The van der Waals surface area contributed by atoms with Crippen molar-refractivity contribution >= 4 is 5.82 Å². The molecule has 1 heterocycles. The fourth-order valence-electron chi connectivity index (χ4n) is 1.64. The van der Waals surface area contributed by atoms with Crippen molar-refractivity contribution in [1.82, 2.24) is 4.98 Å². The van der Waals surface area contributed by atoms with Gasteiger partial charge in [0.25, 0.3) is 0 Å². The summed E-state index contributed by atoms with van der Waals surface area (Å²) < 4.78 is 10.9. The average molecular weight is 219 g/mol. The Kier molecular flexibility index (Phi) is 2.93. The van der Waals surface area contributed by atoms with Gasteiger partial charge in [-0.3, -0.25) is 0 Å². The van der Waals surface area contributed by atoms with E-state index < -0.39 is 0 Å². The number of pyridine rings is 1. The number of rotatable bonds is 3. The highest BCUT2D eigenvalue weighted by Crippen LogP contribution is 2.30. The van der Waals surface area contributed by atoms with E-state index in [0.29, 0.717) is 17.1 Å². The fourth-order valence-corrected chi connectivity index (χ4v) is 1.64. The number of nitrogen functional groups attached to an aromatic ring is 1. The average Bonchev–Trinajstić information content (AvgIpc) is 2.25. The van der Waals surface area contributed by atoms with Gasteiger partial charge in [-0.15, -0.1) is 0 Å². The largest absolute Gasteiger partial charge is 0.486 e. The van der Waals surface area contributed by atoms with Crippen LogP contribution in [-0.2, 0) is 4.74 Å². The minimum absolute atomic E-state index is 0.0129. The van der Waals surface area contributed by atoms with Gasteiger partial charge in [-0.05, 0) is 12.8 Å². The lowest BCUT2D eigenvalue weighted by molar-refractivity contribution is -0.0626. The number of aromatic nitrogens is 1. The summed E-state index contributed by atoms with van der Waals surface area (Å²) in [6.45, 7) is 0. The second-order valence-corrected chi connectivity index (χ2v) is 3.72. The van der Waals surface area contributed by atoms with Crippen molar-refractivity contribution in [3.63, 3.8) is 0 Å². The van der Waals surface area contributed by atoms with Crippen LogP contribution >= 0.6 is 0 Å². The molecule has 1 aliphatic carbocycles. The molecule has 1 aromatic rings. The zero-order valence-corrected chi connectivity index (χ0v) is 9.01. The Hall–Kier alpha value is -1.80. The van der Waals surface area contributed by atoms with Gasteiger partial charge in [0.05, 0.1) is 12.3 Å². The van der Waals surface area contributed by atoms with Crippen molar-refractivity contribution < 1.29 is 9.47 Å². The van der Waals surface area contributed by atoms with Crippen LogP contribution in [0.3, 0.4) is 0 Å². The van der Waals surface area contributed by atoms with Crippen LogP contribution in [-0.4, -0.2) is 24.3 Å². The van der Waals surface area contributed by atoms with Gasteiger partial charge in [-0.25, -0.2) is 4.98 Å². The Morgan fingerprint density at radius 1 is 1.50 bits per heavy atom. The highest BCUT2D eigenvalue weighted by Gasteiger charge is 2.33. The van der Waals surface area contributed by atoms with Gasteiger partial charge >= 0.3 is 0 Å². The van der Waals surface area contributed by atoms with Crippen molar-refractivity contribution in [2.24, 2.45) is 0 Å².